The fourth-order valence-electron chi connectivity index (χ4n) is 3.15. The summed E-state index contributed by atoms with van der Waals surface area (Å²) < 4.78 is 5.49. The first kappa shape index (κ1) is 18.9. The predicted octanol–water partition coefficient (Wildman–Crippen LogP) is 2.18. The summed E-state index contributed by atoms with van der Waals surface area (Å²) in [6.45, 7) is 13.5. The monoisotopic (exact) mass is 379 g/mol. The molecule has 1 amide bonds. The number of aliphatic imine (C=N–C) groups is 1. The van der Waals surface area contributed by atoms with Crippen LogP contribution >= 0.6 is 11.3 Å². The highest BCUT2D eigenvalue weighted by Crippen LogP contribution is 2.19. The van der Waals surface area contributed by atoms with Gasteiger partial charge in [0.1, 0.15) is 5.60 Å². The summed E-state index contributed by atoms with van der Waals surface area (Å²) in [4.78, 5) is 26.9. The Balaban J connectivity index is 1.47. The molecule has 2 aliphatic rings. The van der Waals surface area contributed by atoms with E-state index in [4.69, 9.17) is 4.74 Å². The van der Waals surface area contributed by atoms with Crippen molar-refractivity contribution < 1.29 is 9.53 Å². The minimum atomic E-state index is -0.459. The van der Waals surface area contributed by atoms with Gasteiger partial charge in [0.25, 0.3) is 0 Å². The molecule has 26 heavy (non-hydrogen) atoms. The number of nitrogens with one attached hydrogen (secondary N) is 1. The summed E-state index contributed by atoms with van der Waals surface area (Å²) in [5.74, 6) is 0.948. The van der Waals surface area contributed by atoms with E-state index in [0.717, 1.165) is 42.7 Å². The van der Waals surface area contributed by atoms with Crippen LogP contribution in [0.4, 0.5) is 4.79 Å². The van der Waals surface area contributed by atoms with Crippen LogP contribution in [0, 0.1) is 13.8 Å². The van der Waals surface area contributed by atoms with Crippen LogP contribution in [-0.2, 0) is 11.2 Å². The zero-order valence-corrected chi connectivity index (χ0v) is 17.2. The maximum Gasteiger partial charge on any atom is 0.410 e. The lowest BCUT2D eigenvalue weighted by molar-refractivity contribution is 0.0137. The number of hydrogen-bond donors (Lipinski definition) is 1. The number of nitrogens with zero attached hydrogens (tertiary/aromatic N) is 4. The van der Waals surface area contributed by atoms with E-state index in [0.29, 0.717) is 13.1 Å². The van der Waals surface area contributed by atoms with Crippen molar-refractivity contribution in [3.63, 3.8) is 0 Å². The number of amides is 1. The maximum atomic E-state index is 12.3. The molecular weight excluding hydrogens is 350 g/mol. The number of hydrogen-bond acceptors (Lipinski definition) is 7. The summed E-state index contributed by atoms with van der Waals surface area (Å²) in [5.41, 5.74) is 0.668. The van der Waals surface area contributed by atoms with Crippen molar-refractivity contribution in [2.24, 2.45) is 4.99 Å². The third-order valence-corrected chi connectivity index (χ3v) is 5.69. The molecule has 1 saturated heterocycles. The number of fused-ring (bicyclic) bond motifs is 1. The maximum absolute atomic E-state index is 12.3. The smallest absolute Gasteiger partial charge is 0.410 e. The number of piperazine rings is 1. The lowest BCUT2D eigenvalue weighted by Gasteiger charge is -2.39. The summed E-state index contributed by atoms with van der Waals surface area (Å²) >= 11 is 1.76. The Morgan fingerprint density at radius 2 is 2.12 bits per heavy atom. The van der Waals surface area contributed by atoms with E-state index < -0.39 is 5.60 Å². The SMILES string of the molecule is Cc1nc(CCNC2=NCC3CN(C(=O)OC(C)(C)C)CCN23)sc1C. The zero-order chi connectivity index (χ0) is 18.9. The number of aromatic nitrogens is 1. The zero-order valence-electron chi connectivity index (χ0n) is 16.3. The molecule has 0 aliphatic carbocycles. The van der Waals surface area contributed by atoms with Gasteiger partial charge in [0.15, 0.2) is 5.96 Å². The van der Waals surface area contributed by atoms with Crippen LogP contribution in [0.2, 0.25) is 0 Å². The fraction of sp³-hybridized carbons (Fsp3) is 0.722. The average molecular weight is 380 g/mol. The standard InChI is InChI=1S/C18H29N5O2S/c1-12-13(2)26-15(21-12)6-7-19-16-20-10-14-11-22(8-9-23(14)16)17(24)25-18(3,4)5/h14H,6-11H2,1-5H3,(H,19,20). The summed E-state index contributed by atoms with van der Waals surface area (Å²) in [6.07, 6.45) is 0.675. The van der Waals surface area contributed by atoms with Crippen molar-refractivity contribution >= 4 is 23.4 Å². The Labute approximate surface area is 159 Å². The van der Waals surface area contributed by atoms with Crippen LogP contribution < -0.4 is 5.32 Å². The van der Waals surface area contributed by atoms with Gasteiger partial charge in [-0.3, -0.25) is 4.99 Å². The Bertz CT molecular complexity index is 675. The molecule has 144 valence electrons. The van der Waals surface area contributed by atoms with Crippen LogP contribution in [0.25, 0.3) is 0 Å². The number of carbonyl (C=O) groups excluding carboxylic acids is 1. The second-order valence-electron chi connectivity index (χ2n) is 7.86. The van der Waals surface area contributed by atoms with Crippen molar-refractivity contribution in [1.82, 2.24) is 20.1 Å². The van der Waals surface area contributed by atoms with Crippen molar-refractivity contribution in [3.05, 3.63) is 15.6 Å². The highest BCUT2D eigenvalue weighted by molar-refractivity contribution is 7.11. The van der Waals surface area contributed by atoms with E-state index >= 15 is 0 Å². The lowest BCUT2D eigenvalue weighted by atomic mass is 10.2. The van der Waals surface area contributed by atoms with E-state index in [1.165, 1.54) is 4.88 Å². The molecule has 3 rings (SSSR count). The molecule has 2 aliphatic heterocycles. The van der Waals surface area contributed by atoms with E-state index in [-0.39, 0.29) is 12.1 Å². The Kier molecular flexibility index (Phi) is 5.41. The fourth-order valence-corrected chi connectivity index (χ4v) is 4.08. The van der Waals surface area contributed by atoms with E-state index in [9.17, 15) is 4.79 Å². The van der Waals surface area contributed by atoms with Gasteiger partial charge >= 0.3 is 6.09 Å². The molecule has 8 heteroatoms. The van der Waals surface area contributed by atoms with Crippen molar-refractivity contribution in [2.45, 2.75) is 52.7 Å². The average Bonchev–Trinajstić information content (AvgIpc) is 3.09. The first-order valence-electron chi connectivity index (χ1n) is 9.19. The third kappa shape index (κ3) is 4.47. The highest BCUT2D eigenvalue weighted by atomic mass is 32.1. The topological polar surface area (TPSA) is 70.1 Å². The molecule has 0 bridgehead atoms. The number of thiazole rings is 1. The molecule has 0 saturated carbocycles. The molecule has 1 aromatic heterocycles. The Morgan fingerprint density at radius 3 is 2.77 bits per heavy atom. The van der Waals surface area contributed by atoms with Gasteiger partial charge in [0, 0.05) is 37.5 Å². The van der Waals surface area contributed by atoms with E-state index in [2.05, 4.69) is 34.0 Å². The van der Waals surface area contributed by atoms with Crippen molar-refractivity contribution in [3.8, 4) is 0 Å². The number of guanidine groups is 1. The van der Waals surface area contributed by atoms with Gasteiger partial charge in [-0.05, 0) is 34.6 Å². The van der Waals surface area contributed by atoms with Gasteiger partial charge in [0.2, 0.25) is 0 Å². The van der Waals surface area contributed by atoms with Crippen LogP contribution in [-0.4, -0.2) is 71.2 Å². The van der Waals surface area contributed by atoms with E-state index in [1.54, 1.807) is 16.2 Å². The van der Waals surface area contributed by atoms with Gasteiger partial charge in [-0.25, -0.2) is 9.78 Å². The number of aryl methyl sites for hydroxylation is 2. The molecule has 7 nitrogen and oxygen atoms in total. The molecule has 1 aromatic rings. The largest absolute Gasteiger partial charge is 0.444 e. The first-order valence-corrected chi connectivity index (χ1v) is 10.0. The summed E-state index contributed by atoms with van der Waals surface area (Å²) in [7, 11) is 0. The number of carbonyl (C=O) groups is 1. The molecule has 1 N–H and O–H groups in total. The minimum Gasteiger partial charge on any atom is -0.444 e. The normalized spacial score (nSPS) is 20.0. The Morgan fingerprint density at radius 1 is 1.35 bits per heavy atom. The second-order valence-corrected chi connectivity index (χ2v) is 9.15. The minimum absolute atomic E-state index is 0.229. The number of ether oxygens (including phenoxy) is 1. The van der Waals surface area contributed by atoms with Gasteiger partial charge in [-0.15, -0.1) is 11.3 Å². The summed E-state index contributed by atoms with van der Waals surface area (Å²) in [5, 5.41) is 4.61. The molecule has 1 atom stereocenters. The van der Waals surface area contributed by atoms with Gasteiger partial charge in [0.05, 0.1) is 23.3 Å². The Hall–Kier alpha value is -1.83. The molecule has 1 unspecified atom stereocenters. The second kappa shape index (κ2) is 7.42. The van der Waals surface area contributed by atoms with E-state index in [1.807, 2.05) is 20.8 Å². The summed E-state index contributed by atoms with van der Waals surface area (Å²) in [6, 6.07) is 0.239. The molecule has 0 spiro atoms. The predicted molar refractivity (Wildman–Crippen MR) is 104 cm³/mol. The molecular formula is C18H29N5O2S. The van der Waals surface area contributed by atoms with Crippen LogP contribution in [0.3, 0.4) is 0 Å². The van der Waals surface area contributed by atoms with Crippen molar-refractivity contribution in [1.29, 1.82) is 0 Å². The van der Waals surface area contributed by atoms with Crippen LogP contribution in [0.15, 0.2) is 4.99 Å². The first-order chi connectivity index (χ1) is 12.2. The van der Waals surface area contributed by atoms with Crippen molar-refractivity contribution in [2.75, 3.05) is 32.7 Å². The molecule has 0 aromatic carbocycles. The van der Waals surface area contributed by atoms with Gasteiger partial charge in [-0.2, -0.15) is 0 Å². The lowest BCUT2D eigenvalue weighted by Crippen LogP contribution is -2.57. The number of rotatable bonds is 3. The quantitative estimate of drug-likeness (QED) is 0.872. The molecule has 0 radical (unpaired) electrons. The molecule has 1 fully saturated rings. The van der Waals surface area contributed by atoms with Gasteiger partial charge in [-0.1, -0.05) is 0 Å². The van der Waals surface area contributed by atoms with Crippen LogP contribution in [0.5, 0.6) is 0 Å². The third-order valence-electron chi connectivity index (χ3n) is 4.55. The molecule has 3 heterocycles. The van der Waals surface area contributed by atoms with Gasteiger partial charge < -0.3 is 19.9 Å². The van der Waals surface area contributed by atoms with Crippen LogP contribution in [0.1, 0.15) is 36.3 Å². The highest BCUT2D eigenvalue weighted by Gasteiger charge is 2.36.